The summed E-state index contributed by atoms with van der Waals surface area (Å²) >= 11 is 0. The van der Waals surface area contributed by atoms with Gasteiger partial charge in [0, 0.05) is 37.1 Å². The number of nitrogens with zero attached hydrogens (tertiary/aromatic N) is 3. The van der Waals surface area contributed by atoms with Gasteiger partial charge in [0.05, 0.1) is 20.3 Å². The molecule has 8 nitrogen and oxygen atoms in total. The van der Waals surface area contributed by atoms with E-state index < -0.39 is 0 Å². The number of carbonyl (C=O) groups is 1. The van der Waals surface area contributed by atoms with Gasteiger partial charge in [-0.25, -0.2) is 4.79 Å². The van der Waals surface area contributed by atoms with E-state index in [9.17, 15) is 4.79 Å². The van der Waals surface area contributed by atoms with Crippen molar-refractivity contribution in [2.45, 2.75) is 45.1 Å². The lowest BCUT2D eigenvalue weighted by atomic mass is 10.0. The number of hydrogen-bond acceptors (Lipinski definition) is 6. The summed E-state index contributed by atoms with van der Waals surface area (Å²) in [6, 6.07) is 5.61. The van der Waals surface area contributed by atoms with Crippen molar-refractivity contribution in [3.05, 3.63) is 35.5 Å². The highest BCUT2D eigenvalue weighted by molar-refractivity contribution is 5.75. The van der Waals surface area contributed by atoms with Crippen molar-refractivity contribution in [1.29, 1.82) is 0 Å². The van der Waals surface area contributed by atoms with Crippen LogP contribution in [-0.4, -0.2) is 48.4 Å². The molecule has 1 aliphatic heterocycles. The fourth-order valence-electron chi connectivity index (χ4n) is 3.41. The number of aromatic nitrogens is 2. The van der Waals surface area contributed by atoms with E-state index in [1.54, 1.807) is 14.2 Å². The zero-order valence-electron chi connectivity index (χ0n) is 16.9. The highest BCUT2D eigenvalue weighted by Crippen LogP contribution is 2.38. The summed E-state index contributed by atoms with van der Waals surface area (Å²) < 4.78 is 16.0. The van der Waals surface area contributed by atoms with E-state index in [-0.39, 0.29) is 18.0 Å². The number of urea groups is 1. The minimum Gasteiger partial charge on any atom is -0.497 e. The number of ether oxygens (including phenoxy) is 2. The Morgan fingerprint density at radius 1 is 1.36 bits per heavy atom. The third-order valence-electron chi connectivity index (χ3n) is 4.93. The van der Waals surface area contributed by atoms with Crippen LogP contribution in [0.5, 0.6) is 11.5 Å². The molecular weight excluding hydrogens is 360 g/mol. The van der Waals surface area contributed by atoms with Crippen molar-refractivity contribution in [3.63, 3.8) is 0 Å². The molecule has 1 fully saturated rings. The molecule has 152 valence electrons. The summed E-state index contributed by atoms with van der Waals surface area (Å²) in [4.78, 5) is 18.9. The summed E-state index contributed by atoms with van der Waals surface area (Å²) in [5, 5.41) is 6.91. The van der Waals surface area contributed by atoms with E-state index in [0.717, 1.165) is 29.9 Å². The van der Waals surface area contributed by atoms with Crippen LogP contribution in [0.1, 0.15) is 55.9 Å². The predicted octanol–water partition coefficient (Wildman–Crippen LogP) is 3.30. The van der Waals surface area contributed by atoms with Crippen LogP contribution in [-0.2, 0) is 6.42 Å². The molecule has 1 aromatic carbocycles. The van der Waals surface area contributed by atoms with E-state index in [2.05, 4.69) is 15.5 Å². The van der Waals surface area contributed by atoms with E-state index in [4.69, 9.17) is 14.0 Å². The van der Waals surface area contributed by atoms with Crippen LogP contribution in [0.15, 0.2) is 22.7 Å². The summed E-state index contributed by atoms with van der Waals surface area (Å²) in [5.74, 6) is 2.91. The molecule has 2 amide bonds. The van der Waals surface area contributed by atoms with Crippen molar-refractivity contribution in [2.75, 3.05) is 27.3 Å². The molecule has 0 radical (unpaired) electrons. The van der Waals surface area contributed by atoms with Crippen LogP contribution >= 0.6 is 0 Å². The van der Waals surface area contributed by atoms with Crippen molar-refractivity contribution >= 4 is 6.03 Å². The topological polar surface area (TPSA) is 89.7 Å². The van der Waals surface area contributed by atoms with Crippen molar-refractivity contribution in [1.82, 2.24) is 20.4 Å². The number of rotatable bonds is 7. The maximum Gasteiger partial charge on any atom is 0.317 e. The number of hydrogen-bond donors (Lipinski definition) is 1. The van der Waals surface area contributed by atoms with Gasteiger partial charge in [-0.3, -0.25) is 0 Å². The van der Waals surface area contributed by atoms with Gasteiger partial charge in [-0.2, -0.15) is 4.98 Å². The molecule has 0 saturated carbocycles. The molecule has 3 rings (SSSR count). The zero-order valence-corrected chi connectivity index (χ0v) is 16.9. The van der Waals surface area contributed by atoms with Crippen molar-refractivity contribution in [3.8, 4) is 11.5 Å². The zero-order chi connectivity index (χ0) is 20.1. The smallest absolute Gasteiger partial charge is 0.317 e. The SMILES string of the molecule is COc1ccc(C2CCCN2C(=O)NCCc2nc(C(C)C)no2)c(OC)c1. The summed E-state index contributed by atoms with van der Waals surface area (Å²) in [7, 11) is 3.25. The van der Waals surface area contributed by atoms with Crippen LogP contribution < -0.4 is 14.8 Å². The number of nitrogens with one attached hydrogen (secondary N) is 1. The molecule has 1 aliphatic rings. The van der Waals surface area contributed by atoms with Gasteiger partial charge in [-0.05, 0) is 25.0 Å². The normalized spacial score (nSPS) is 16.5. The molecule has 1 aromatic heterocycles. The third-order valence-corrected chi connectivity index (χ3v) is 4.93. The average Bonchev–Trinajstić information content (AvgIpc) is 3.37. The number of methoxy groups -OCH3 is 2. The second kappa shape index (κ2) is 8.95. The Morgan fingerprint density at radius 3 is 2.86 bits per heavy atom. The Kier molecular flexibility index (Phi) is 6.38. The fraction of sp³-hybridized carbons (Fsp3) is 0.550. The predicted molar refractivity (Wildman–Crippen MR) is 104 cm³/mol. The first-order valence-corrected chi connectivity index (χ1v) is 9.62. The van der Waals surface area contributed by atoms with Crippen LogP contribution in [0, 0.1) is 0 Å². The van der Waals surface area contributed by atoms with E-state index in [1.165, 1.54) is 0 Å². The number of likely N-dealkylation sites (tertiary alicyclic amines) is 1. The Hall–Kier alpha value is -2.77. The van der Waals surface area contributed by atoms with Gasteiger partial charge in [0.2, 0.25) is 5.89 Å². The molecule has 0 spiro atoms. The van der Waals surface area contributed by atoms with Crippen molar-refractivity contribution in [2.24, 2.45) is 0 Å². The molecule has 1 atom stereocenters. The highest BCUT2D eigenvalue weighted by Gasteiger charge is 2.32. The lowest BCUT2D eigenvalue weighted by Crippen LogP contribution is -2.40. The molecule has 2 aromatic rings. The standard InChI is InChI=1S/C20H28N4O4/c1-13(2)19-22-18(28-23-19)9-10-21-20(25)24-11-5-6-16(24)15-8-7-14(26-3)12-17(15)27-4/h7-8,12-13,16H,5-6,9-11H2,1-4H3,(H,21,25). The van der Waals surface area contributed by atoms with Gasteiger partial charge in [-0.1, -0.05) is 19.0 Å². The largest absolute Gasteiger partial charge is 0.497 e. The fourth-order valence-corrected chi connectivity index (χ4v) is 3.41. The van der Waals surface area contributed by atoms with Gasteiger partial charge >= 0.3 is 6.03 Å². The minimum atomic E-state index is -0.0935. The van der Waals surface area contributed by atoms with Gasteiger partial charge in [-0.15, -0.1) is 0 Å². The highest BCUT2D eigenvalue weighted by atomic mass is 16.5. The van der Waals surface area contributed by atoms with Crippen LogP contribution in [0.4, 0.5) is 4.79 Å². The Bertz CT molecular complexity index is 805. The first-order chi connectivity index (χ1) is 13.5. The number of carbonyl (C=O) groups excluding carboxylic acids is 1. The second-order valence-electron chi connectivity index (χ2n) is 7.14. The Morgan fingerprint density at radius 2 is 2.18 bits per heavy atom. The van der Waals surface area contributed by atoms with Gasteiger partial charge in [0.25, 0.3) is 0 Å². The summed E-state index contributed by atoms with van der Waals surface area (Å²) in [6.07, 6.45) is 2.36. The average molecular weight is 388 g/mol. The number of benzene rings is 1. The van der Waals surface area contributed by atoms with E-state index >= 15 is 0 Å². The molecule has 0 bridgehead atoms. The van der Waals surface area contributed by atoms with Crippen LogP contribution in [0.25, 0.3) is 0 Å². The van der Waals surface area contributed by atoms with E-state index in [1.807, 2.05) is 36.9 Å². The quantitative estimate of drug-likeness (QED) is 0.783. The molecule has 1 saturated heterocycles. The van der Waals surface area contributed by atoms with Gasteiger partial charge in [0.15, 0.2) is 5.82 Å². The molecule has 0 aliphatic carbocycles. The lowest BCUT2D eigenvalue weighted by molar-refractivity contribution is 0.192. The molecular formula is C20H28N4O4. The van der Waals surface area contributed by atoms with Crippen molar-refractivity contribution < 1.29 is 18.8 Å². The first-order valence-electron chi connectivity index (χ1n) is 9.62. The monoisotopic (exact) mass is 388 g/mol. The first kappa shape index (κ1) is 20.0. The lowest BCUT2D eigenvalue weighted by Gasteiger charge is -2.26. The minimum absolute atomic E-state index is 0.0168. The third kappa shape index (κ3) is 4.37. The number of amides is 2. The molecule has 28 heavy (non-hydrogen) atoms. The van der Waals surface area contributed by atoms with Gasteiger partial charge < -0.3 is 24.2 Å². The van der Waals surface area contributed by atoms with E-state index in [0.29, 0.717) is 31.2 Å². The second-order valence-corrected chi connectivity index (χ2v) is 7.14. The Labute approximate surface area is 165 Å². The molecule has 1 N–H and O–H groups in total. The van der Waals surface area contributed by atoms with Crippen LogP contribution in [0.3, 0.4) is 0 Å². The summed E-state index contributed by atoms with van der Waals surface area (Å²) in [6.45, 7) is 5.18. The maximum absolute atomic E-state index is 12.7. The summed E-state index contributed by atoms with van der Waals surface area (Å²) in [5.41, 5.74) is 0.995. The van der Waals surface area contributed by atoms with Crippen LogP contribution in [0.2, 0.25) is 0 Å². The Balaban J connectivity index is 1.61. The molecule has 8 heteroatoms. The molecule has 1 unspecified atom stereocenters. The van der Waals surface area contributed by atoms with Gasteiger partial charge in [0.1, 0.15) is 11.5 Å². The maximum atomic E-state index is 12.7. The molecule has 2 heterocycles.